The highest BCUT2D eigenvalue weighted by Crippen LogP contribution is 2.52. The number of carbonyl (C=O) groups excluding carboxylic acids is 1. The van der Waals surface area contributed by atoms with Crippen LogP contribution in [0.3, 0.4) is 0 Å². The molecule has 3 atom stereocenters. The zero-order chi connectivity index (χ0) is 25.9. The Morgan fingerprint density at radius 3 is 2.49 bits per heavy atom. The monoisotopic (exact) mass is 512 g/mol. The zero-order valence-corrected chi connectivity index (χ0v) is 19.5. The summed E-state index contributed by atoms with van der Waals surface area (Å²) in [6.45, 7) is 1.28. The first-order valence-corrected chi connectivity index (χ1v) is 11.6. The number of imidazole rings is 1. The molecular formula is C25H20F4N6O2. The molecule has 37 heavy (non-hydrogen) atoms. The number of ether oxygens (including phenoxy) is 1. The van der Waals surface area contributed by atoms with E-state index in [0.29, 0.717) is 35.8 Å². The summed E-state index contributed by atoms with van der Waals surface area (Å²) < 4.78 is 59.0. The van der Waals surface area contributed by atoms with Gasteiger partial charge in [0.15, 0.2) is 11.3 Å². The van der Waals surface area contributed by atoms with E-state index in [2.05, 4.69) is 19.9 Å². The number of aryl methyl sites for hydroxylation is 1. The third-order valence-electron chi connectivity index (χ3n) is 7.00. The fourth-order valence-corrected chi connectivity index (χ4v) is 4.97. The van der Waals surface area contributed by atoms with E-state index in [1.54, 1.807) is 28.6 Å². The van der Waals surface area contributed by atoms with Gasteiger partial charge in [-0.15, -0.1) is 0 Å². The third-order valence-corrected chi connectivity index (χ3v) is 7.00. The van der Waals surface area contributed by atoms with Crippen LogP contribution in [0.15, 0.2) is 48.7 Å². The fraction of sp³-hybridized carbons (Fsp3) is 0.320. The fourth-order valence-electron chi connectivity index (χ4n) is 4.97. The molecule has 4 heterocycles. The smallest absolute Gasteiger partial charge is 0.433 e. The van der Waals surface area contributed by atoms with Gasteiger partial charge in [-0.05, 0) is 42.2 Å². The summed E-state index contributed by atoms with van der Waals surface area (Å²) in [6, 6.07) is 9.48. The molecule has 190 valence electrons. The zero-order valence-electron chi connectivity index (χ0n) is 19.5. The SMILES string of the molecule is Cn1c(-c2ccc(F)cc2)nc2ncc(C(=O)N3C[C@@H]4C(COc5cccc(C(F)(F)F)n5)[C@@H]4C3)nc21. The van der Waals surface area contributed by atoms with Crippen LogP contribution in [-0.4, -0.2) is 55.0 Å². The van der Waals surface area contributed by atoms with Crippen LogP contribution < -0.4 is 4.74 Å². The quantitative estimate of drug-likeness (QED) is 0.376. The Kier molecular flexibility index (Phi) is 5.35. The van der Waals surface area contributed by atoms with Crippen LogP contribution in [0, 0.1) is 23.6 Å². The molecule has 6 rings (SSSR count). The number of aromatic nitrogens is 5. The topological polar surface area (TPSA) is 86.0 Å². The van der Waals surface area contributed by atoms with Gasteiger partial charge >= 0.3 is 6.18 Å². The van der Waals surface area contributed by atoms with Gasteiger partial charge in [0.1, 0.15) is 23.0 Å². The van der Waals surface area contributed by atoms with Crippen molar-refractivity contribution in [2.75, 3.05) is 19.7 Å². The second kappa shape index (κ2) is 8.49. The molecular weight excluding hydrogens is 492 g/mol. The van der Waals surface area contributed by atoms with Crippen LogP contribution in [0.25, 0.3) is 22.7 Å². The summed E-state index contributed by atoms with van der Waals surface area (Å²) in [6.07, 6.45) is -3.13. The highest BCUT2D eigenvalue weighted by molar-refractivity contribution is 5.93. The van der Waals surface area contributed by atoms with Gasteiger partial charge in [-0.25, -0.2) is 24.3 Å². The summed E-state index contributed by atoms with van der Waals surface area (Å²) >= 11 is 0. The normalized spacial score (nSPS) is 20.8. The van der Waals surface area contributed by atoms with Crippen molar-refractivity contribution in [1.29, 1.82) is 0 Å². The second-order valence-corrected chi connectivity index (χ2v) is 9.28. The van der Waals surface area contributed by atoms with Gasteiger partial charge in [0.25, 0.3) is 5.91 Å². The number of alkyl halides is 3. The minimum atomic E-state index is -4.53. The van der Waals surface area contributed by atoms with Crippen LogP contribution in [0.1, 0.15) is 16.2 Å². The van der Waals surface area contributed by atoms with E-state index in [1.165, 1.54) is 30.5 Å². The molecule has 0 N–H and O–H groups in total. The number of benzene rings is 1. The van der Waals surface area contributed by atoms with Gasteiger partial charge in [0.2, 0.25) is 5.88 Å². The summed E-state index contributed by atoms with van der Waals surface area (Å²) in [5.74, 6) is 0.486. The lowest BCUT2D eigenvalue weighted by atomic mass is 10.2. The van der Waals surface area contributed by atoms with Crippen molar-refractivity contribution in [2.45, 2.75) is 6.18 Å². The van der Waals surface area contributed by atoms with Gasteiger partial charge in [0, 0.05) is 37.7 Å². The van der Waals surface area contributed by atoms with E-state index >= 15 is 0 Å². The predicted molar refractivity (Wildman–Crippen MR) is 123 cm³/mol. The summed E-state index contributed by atoms with van der Waals surface area (Å²) in [5, 5.41) is 0. The van der Waals surface area contributed by atoms with Crippen molar-refractivity contribution in [3.05, 3.63) is 65.9 Å². The Morgan fingerprint density at radius 1 is 1.05 bits per heavy atom. The predicted octanol–water partition coefficient (Wildman–Crippen LogP) is 3.98. The number of hydrogen-bond acceptors (Lipinski definition) is 6. The van der Waals surface area contributed by atoms with Crippen molar-refractivity contribution in [2.24, 2.45) is 24.8 Å². The van der Waals surface area contributed by atoms with Crippen LogP contribution >= 0.6 is 0 Å². The van der Waals surface area contributed by atoms with Crippen LogP contribution in [-0.2, 0) is 13.2 Å². The lowest BCUT2D eigenvalue weighted by Gasteiger charge is -2.19. The lowest BCUT2D eigenvalue weighted by molar-refractivity contribution is -0.141. The summed E-state index contributed by atoms with van der Waals surface area (Å²) in [4.78, 5) is 31.6. The van der Waals surface area contributed by atoms with Crippen molar-refractivity contribution < 1.29 is 27.1 Å². The highest BCUT2D eigenvalue weighted by Gasteiger charge is 2.57. The van der Waals surface area contributed by atoms with E-state index in [-0.39, 0.29) is 47.7 Å². The number of fused-ring (bicyclic) bond motifs is 2. The molecule has 3 aromatic heterocycles. The van der Waals surface area contributed by atoms with Crippen LogP contribution in [0.2, 0.25) is 0 Å². The molecule has 1 unspecified atom stereocenters. The molecule has 0 spiro atoms. The Balaban J connectivity index is 1.10. The Hall–Kier alpha value is -4.09. The second-order valence-electron chi connectivity index (χ2n) is 9.28. The largest absolute Gasteiger partial charge is 0.477 e. The molecule has 1 saturated heterocycles. The number of carbonyl (C=O) groups is 1. The molecule has 0 radical (unpaired) electrons. The van der Waals surface area contributed by atoms with Crippen LogP contribution in [0.4, 0.5) is 17.6 Å². The first-order valence-electron chi connectivity index (χ1n) is 11.6. The van der Waals surface area contributed by atoms with Crippen molar-refractivity contribution in [3.8, 4) is 17.3 Å². The Morgan fingerprint density at radius 2 is 1.78 bits per heavy atom. The molecule has 0 bridgehead atoms. The van der Waals surface area contributed by atoms with Gasteiger partial charge in [-0.2, -0.15) is 13.2 Å². The van der Waals surface area contributed by atoms with E-state index in [0.717, 1.165) is 6.07 Å². The van der Waals surface area contributed by atoms with Gasteiger partial charge in [0.05, 0.1) is 12.8 Å². The maximum absolute atomic E-state index is 13.3. The molecule has 12 heteroatoms. The number of hydrogen-bond donors (Lipinski definition) is 0. The van der Waals surface area contributed by atoms with E-state index in [1.807, 2.05) is 0 Å². The minimum Gasteiger partial charge on any atom is -0.477 e. The Labute approximate surface area is 207 Å². The van der Waals surface area contributed by atoms with E-state index in [4.69, 9.17) is 4.74 Å². The highest BCUT2D eigenvalue weighted by atomic mass is 19.4. The number of rotatable bonds is 5. The Bertz CT molecular complexity index is 1490. The summed E-state index contributed by atoms with van der Waals surface area (Å²) in [7, 11) is 1.76. The van der Waals surface area contributed by atoms with Gasteiger partial charge in [-0.1, -0.05) is 6.07 Å². The molecule has 1 aromatic carbocycles. The summed E-state index contributed by atoms with van der Waals surface area (Å²) in [5.41, 5.74) is 0.722. The molecule has 2 fully saturated rings. The van der Waals surface area contributed by atoms with Crippen LogP contribution in [0.5, 0.6) is 5.88 Å². The van der Waals surface area contributed by atoms with Gasteiger partial charge < -0.3 is 14.2 Å². The lowest BCUT2D eigenvalue weighted by Crippen LogP contribution is -2.33. The number of halogens is 4. The molecule has 2 aliphatic rings. The first kappa shape index (κ1) is 23.3. The van der Waals surface area contributed by atoms with E-state index in [9.17, 15) is 22.4 Å². The average molecular weight is 512 g/mol. The number of likely N-dealkylation sites (tertiary alicyclic amines) is 1. The maximum atomic E-state index is 13.3. The first-order chi connectivity index (χ1) is 17.7. The van der Waals surface area contributed by atoms with Crippen molar-refractivity contribution >= 4 is 17.2 Å². The molecule has 1 aliphatic heterocycles. The number of pyridine rings is 1. The number of amides is 1. The molecule has 1 saturated carbocycles. The minimum absolute atomic E-state index is 0.0625. The maximum Gasteiger partial charge on any atom is 0.433 e. The number of piperidine rings is 1. The number of nitrogens with zero attached hydrogens (tertiary/aromatic N) is 6. The van der Waals surface area contributed by atoms with Crippen molar-refractivity contribution in [3.63, 3.8) is 0 Å². The molecule has 1 aliphatic carbocycles. The van der Waals surface area contributed by atoms with Crippen molar-refractivity contribution in [1.82, 2.24) is 29.4 Å². The molecule has 8 nitrogen and oxygen atoms in total. The third kappa shape index (κ3) is 4.25. The average Bonchev–Trinajstić information content (AvgIpc) is 3.18. The van der Waals surface area contributed by atoms with Gasteiger partial charge in [-0.3, -0.25) is 4.79 Å². The standard InChI is InChI=1S/C25H20F4N6O2/c1-34-22(13-5-7-14(26)8-6-13)33-21-23(34)31-18(9-30-21)24(36)35-10-15-16(11-35)17(15)12-37-20-4-2-3-19(32-20)25(27,28)29/h2-9,15-17H,10-12H2,1H3/t15-,16+,17?. The van der Waals surface area contributed by atoms with E-state index < -0.39 is 11.9 Å². The molecule has 4 aromatic rings. The molecule has 1 amide bonds.